The minimum Gasteiger partial charge on any atom is -0.493 e. The summed E-state index contributed by atoms with van der Waals surface area (Å²) in [5, 5.41) is 5.56. The van der Waals surface area contributed by atoms with Crippen molar-refractivity contribution in [1.29, 1.82) is 0 Å². The van der Waals surface area contributed by atoms with Crippen molar-refractivity contribution in [3.63, 3.8) is 0 Å². The van der Waals surface area contributed by atoms with Crippen LogP contribution in [0.3, 0.4) is 0 Å². The Labute approximate surface area is 181 Å². The number of carbonyl (C=O) groups is 3. The van der Waals surface area contributed by atoms with Crippen LogP contribution in [-0.2, 0) is 25.5 Å². The Hall–Kier alpha value is -3.55. The lowest BCUT2D eigenvalue weighted by atomic mass is 10.0. The van der Waals surface area contributed by atoms with E-state index >= 15 is 0 Å². The summed E-state index contributed by atoms with van der Waals surface area (Å²) in [7, 11) is 4.32. The maximum Gasteiger partial charge on any atom is 0.307 e. The first-order valence-electron chi connectivity index (χ1n) is 9.85. The molecule has 0 heterocycles. The molecule has 0 aliphatic rings. The lowest BCUT2D eigenvalue weighted by Gasteiger charge is -2.20. The van der Waals surface area contributed by atoms with Crippen molar-refractivity contribution < 1.29 is 28.6 Å². The Kier molecular flexibility index (Phi) is 9.35. The van der Waals surface area contributed by atoms with Crippen molar-refractivity contribution in [3.8, 4) is 11.5 Å². The second-order valence-corrected chi connectivity index (χ2v) is 6.78. The van der Waals surface area contributed by atoms with Crippen molar-refractivity contribution in [2.75, 3.05) is 27.9 Å². The van der Waals surface area contributed by atoms with Crippen LogP contribution in [0.15, 0.2) is 48.5 Å². The molecule has 1 unspecified atom stereocenters. The summed E-state index contributed by atoms with van der Waals surface area (Å²) in [6, 6.07) is 13.9. The predicted molar refractivity (Wildman–Crippen MR) is 115 cm³/mol. The van der Waals surface area contributed by atoms with E-state index in [1.807, 2.05) is 30.3 Å². The highest BCUT2D eigenvalue weighted by atomic mass is 16.5. The molecule has 8 nitrogen and oxygen atoms in total. The summed E-state index contributed by atoms with van der Waals surface area (Å²) < 4.78 is 15.3. The number of benzene rings is 2. The molecule has 0 bridgehead atoms. The van der Waals surface area contributed by atoms with E-state index in [4.69, 9.17) is 14.2 Å². The zero-order valence-corrected chi connectivity index (χ0v) is 18.0. The Balaban J connectivity index is 1.95. The smallest absolute Gasteiger partial charge is 0.307 e. The Bertz CT molecular complexity index is 885. The quantitative estimate of drug-likeness (QED) is 0.532. The monoisotopic (exact) mass is 428 g/mol. The molecule has 0 aromatic heterocycles. The largest absolute Gasteiger partial charge is 0.493 e. The molecular formula is C23H28N2O6. The van der Waals surface area contributed by atoms with Crippen molar-refractivity contribution in [3.05, 3.63) is 59.7 Å². The fourth-order valence-corrected chi connectivity index (χ4v) is 3.00. The van der Waals surface area contributed by atoms with Gasteiger partial charge >= 0.3 is 5.97 Å². The molecule has 1 atom stereocenters. The number of methoxy groups -OCH3 is 3. The summed E-state index contributed by atoms with van der Waals surface area (Å²) >= 11 is 0. The number of carbonyl (C=O) groups excluding carboxylic acids is 3. The number of hydrogen-bond donors (Lipinski definition) is 2. The molecule has 0 saturated heterocycles. The molecule has 0 radical (unpaired) electrons. The molecule has 0 spiro atoms. The first kappa shape index (κ1) is 23.7. The minimum atomic E-state index is -0.611. The van der Waals surface area contributed by atoms with Crippen LogP contribution in [0.5, 0.6) is 11.5 Å². The second-order valence-electron chi connectivity index (χ2n) is 6.78. The molecule has 2 aromatic carbocycles. The van der Waals surface area contributed by atoms with E-state index in [1.54, 1.807) is 18.2 Å². The van der Waals surface area contributed by atoms with Gasteiger partial charge in [0.15, 0.2) is 11.5 Å². The summed E-state index contributed by atoms with van der Waals surface area (Å²) in [5.41, 5.74) is 1.57. The van der Waals surface area contributed by atoms with Crippen LogP contribution in [0.1, 0.15) is 30.0 Å². The fourth-order valence-electron chi connectivity index (χ4n) is 3.00. The van der Waals surface area contributed by atoms with Crippen LogP contribution >= 0.6 is 0 Å². The van der Waals surface area contributed by atoms with E-state index in [1.165, 1.54) is 21.3 Å². The van der Waals surface area contributed by atoms with Gasteiger partial charge in [-0.1, -0.05) is 36.4 Å². The summed E-state index contributed by atoms with van der Waals surface area (Å²) in [6.45, 7) is 0.189. The average Bonchev–Trinajstić information content (AvgIpc) is 2.78. The van der Waals surface area contributed by atoms with Gasteiger partial charge in [0.25, 0.3) is 0 Å². The van der Waals surface area contributed by atoms with Crippen LogP contribution in [0, 0.1) is 0 Å². The van der Waals surface area contributed by atoms with E-state index < -0.39 is 12.0 Å². The third kappa shape index (κ3) is 7.65. The van der Waals surface area contributed by atoms with Gasteiger partial charge in [0, 0.05) is 13.0 Å². The molecule has 0 saturated carbocycles. The fraction of sp³-hybridized carbons (Fsp3) is 0.348. The first-order chi connectivity index (χ1) is 15.0. The zero-order valence-electron chi connectivity index (χ0n) is 18.0. The van der Waals surface area contributed by atoms with Crippen molar-refractivity contribution >= 4 is 17.8 Å². The predicted octanol–water partition coefficient (Wildman–Crippen LogP) is 2.17. The zero-order chi connectivity index (χ0) is 22.6. The molecule has 2 rings (SSSR count). The molecule has 0 aliphatic heterocycles. The molecule has 0 fully saturated rings. The molecule has 2 aromatic rings. The number of ether oxygens (including phenoxy) is 3. The van der Waals surface area contributed by atoms with Gasteiger partial charge in [-0.25, -0.2) is 0 Å². The summed E-state index contributed by atoms with van der Waals surface area (Å²) in [6.07, 6.45) is 0.280. The van der Waals surface area contributed by atoms with Gasteiger partial charge in [-0.15, -0.1) is 0 Å². The summed E-state index contributed by atoms with van der Waals surface area (Å²) in [5.74, 6) is 0.0952. The maximum atomic E-state index is 12.4. The topological polar surface area (TPSA) is 103 Å². The van der Waals surface area contributed by atoms with E-state index in [9.17, 15) is 14.4 Å². The second kappa shape index (κ2) is 12.2. The Morgan fingerprint density at radius 3 is 2.26 bits per heavy atom. The molecular weight excluding hydrogens is 400 g/mol. The van der Waals surface area contributed by atoms with Gasteiger partial charge in [-0.3, -0.25) is 14.4 Å². The van der Waals surface area contributed by atoms with Gasteiger partial charge in [0.2, 0.25) is 11.8 Å². The molecule has 31 heavy (non-hydrogen) atoms. The number of esters is 1. The number of amides is 2. The van der Waals surface area contributed by atoms with Gasteiger partial charge in [0.05, 0.1) is 40.2 Å². The summed E-state index contributed by atoms with van der Waals surface area (Å²) in [4.78, 5) is 36.3. The van der Waals surface area contributed by atoms with Crippen LogP contribution in [-0.4, -0.2) is 45.7 Å². The highest BCUT2D eigenvalue weighted by molar-refractivity contribution is 5.81. The lowest BCUT2D eigenvalue weighted by Crippen LogP contribution is -2.34. The van der Waals surface area contributed by atoms with Crippen LogP contribution in [0.25, 0.3) is 0 Å². The van der Waals surface area contributed by atoms with Crippen molar-refractivity contribution in [2.45, 2.75) is 25.3 Å². The number of hydrogen-bond acceptors (Lipinski definition) is 6. The Morgan fingerprint density at radius 1 is 0.903 bits per heavy atom. The van der Waals surface area contributed by atoms with Gasteiger partial charge in [0.1, 0.15) is 0 Å². The normalized spacial score (nSPS) is 11.2. The van der Waals surface area contributed by atoms with E-state index in [0.29, 0.717) is 17.1 Å². The molecule has 166 valence electrons. The number of nitrogens with one attached hydrogen (secondary N) is 2. The Morgan fingerprint density at radius 2 is 1.61 bits per heavy atom. The first-order valence-corrected chi connectivity index (χ1v) is 9.85. The van der Waals surface area contributed by atoms with E-state index in [2.05, 4.69) is 10.6 Å². The third-order valence-electron chi connectivity index (χ3n) is 4.63. The molecule has 2 amide bonds. The minimum absolute atomic E-state index is 0.0436. The highest BCUT2D eigenvalue weighted by Gasteiger charge is 2.20. The maximum absolute atomic E-state index is 12.4. The van der Waals surface area contributed by atoms with Gasteiger partial charge < -0.3 is 24.8 Å². The highest BCUT2D eigenvalue weighted by Crippen LogP contribution is 2.31. The van der Waals surface area contributed by atoms with E-state index in [0.717, 1.165) is 5.56 Å². The van der Waals surface area contributed by atoms with Gasteiger partial charge in [-0.05, 0) is 23.3 Å². The standard InChI is InChI=1S/C23H28N2O6/c1-29-19-10-9-17(14-20(19)30-2)18(15-23(28)31-3)25-21(26)11-12-24-22(27)13-16-7-5-4-6-8-16/h4-10,14,18H,11-13,15H2,1-3H3,(H,24,27)(H,25,26). The van der Waals surface area contributed by atoms with Crippen LogP contribution in [0.4, 0.5) is 0 Å². The molecule has 0 aliphatic carbocycles. The number of rotatable bonds is 11. The van der Waals surface area contributed by atoms with E-state index in [-0.39, 0.29) is 37.6 Å². The molecule has 8 heteroatoms. The van der Waals surface area contributed by atoms with Crippen molar-refractivity contribution in [1.82, 2.24) is 10.6 Å². The lowest BCUT2D eigenvalue weighted by molar-refractivity contribution is -0.141. The SMILES string of the molecule is COC(=O)CC(NC(=O)CCNC(=O)Cc1ccccc1)c1ccc(OC)c(OC)c1. The van der Waals surface area contributed by atoms with Crippen LogP contribution < -0.4 is 20.1 Å². The van der Waals surface area contributed by atoms with Crippen molar-refractivity contribution in [2.24, 2.45) is 0 Å². The third-order valence-corrected chi connectivity index (χ3v) is 4.63. The average molecular weight is 428 g/mol. The molecule has 2 N–H and O–H groups in total. The van der Waals surface area contributed by atoms with Gasteiger partial charge in [-0.2, -0.15) is 0 Å². The van der Waals surface area contributed by atoms with Crippen LogP contribution in [0.2, 0.25) is 0 Å².